The molecule has 0 rings (SSSR count). The number of carbonyl (C=O) groups excluding carboxylic acids is 7. The Morgan fingerprint density at radius 2 is 0.984 bits per heavy atom. The summed E-state index contributed by atoms with van der Waals surface area (Å²) in [5, 5.41) is 36.6. The first-order valence-electron chi connectivity index (χ1n) is 22.0. The number of nitrogens with zero attached hydrogens (tertiary/aromatic N) is 1. The number of carboxylic acids is 3. The van der Waals surface area contributed by atoms with Gasteiger partial charge in [-0.3, -0.25) is 19.2 Å². The molecule has 0 aromatic heterocycles. The van der Waals surface area contributed by atoms with Gasteiger partial charge in [-0.25, -0.2) is 0 Å². The Morgan fingerprint density at radius 1 is 0.581 bits per heavy atom. The predicted octanol–water partition coefficient (Wildman–Crippen LogP) is -7.76. The molecule has 0 aromatic carbocycles. The molecular weight excluding hydrogens is 851 g/mol. The van der Waals surface area contributed by atoms with Crippen molar-refractivity contribution in [1.29, 1.82) is 0 Å². The van der Waals surface area contributed by atoms with Gasteiger partial charge in [-0.1, -0.05) is 129 Å². The van der Waals surface area contributed by atoms with Gasteiger partial charge in [0.15, 0.2) is 11.9 Å². The van der Waals surface area contributed by atoms with Crippen molar-refractivity contribution < 1.29 is 159 Å². The summed E-state index contributed by atoms with van der Waals surface area (Å²) in [6, 6.07) is -1.27. The van der Waals surface area contributed by atoms with Crippen LogP contribution in [0, 0.1) is 0 Å². The number of quaternary nitrogens is 1. The van der Waals surface area contributed by atoms with Crippen LogP contribution in [0.1, 0.15) is 195 Å². The van der Waals surface area contributed by atoms with Gasteiger partial charge in [0, 0.05) is 38.7 Å². The van der Waals surface area contributed by atoms with Crippen molar-refractivity contribution in [2.75, 3.05) is 33.7 Å². The molecule has 0 radical (unpaired) electrons. The number of likely N-dealkylation sites (N-methyl/N-ethyl adjacent to an activating group) is 1. The number of Topliss-reactive ketones (excluding diaryl/α,β-unsaturated/α-hetero) is 1. The normalized spacial score (nSPS) is 11.0. The van der Waals surface area contributed by atoms with E-state index in [0.29, 0.717) is 30.4 Å². The van der Waals surface area contributed by atoms with Crippen LogP contribution in [0.3, 0.4) is 0 Å². The number of hydrogen-bond donors (Lipinski definition) is 2. The van der Waals surface area contributed by atoms with Gasteiger partial charge in [0.05, 0.1) is 38.6 Å². The molecule has 2 atom stereocenters. The van der Waals surface area contributed by atoms with Crippen LogP contribution in [-0.2, 0) is 38.3 Å². The minimum absolute atomic E-state index is 0. The van der Waals surface area contributed by atoms with Crippen LogP contribution < -0.4 is 127 Å². The molecule has 0 aliphatic carbocycles. The standard InChI is InChI=1S/C19H35NO5.C16H30O3.C9H18N2O3.ClH.3Na/c1-2-3-4-5-6-7-8-9-10-11-12-13-17(21)20-16(19(24)25)14-15-18(22)23;1-4-5-6-7-8-9-10-11-12-13-16(18)19-15(3)14(2)17;1-8(12)10-5-4-6-11(2,3)7-9(13)14;;;;/h16H,2-15H2,1H3,(H,20,21)(H,22,23)(H,24,25);15H,4-13H2,1-3H3;4-7H2,1-3H3,(H-,10,12,13,14);1H;;;/q;;;;3*+1/p-3. The minimum atomic E-state index is -1.46. The van der Waals surface area contributed by atoms with Crippen molar-refractivity contribution in [2.24, 2.45) is 0 Å². The largest absolute Gasteiger partial charge is 1.00 e. The fourth-order valence-electron chi connectivity index (χ4n) is 5.85. The Hall–Kier alpha value is -0.260. The van der Waals surface area contributed by atoms with Gasteiger partial charge >= 0.3 is 94.6 Å². The minimum Gasteiger partial charge on any atom is -1.00 e. The van der Waals surface area contributed by atoms with Gasteiger partial charge in [0.2, 0.25) is 11.8 Å². The predicted molar refractivity (Wildman–Crippen MR) is 220 cm³/mol. The zero-order chi connectivity index (χ0) is 44.6. The van der Waals surface area contributed by atoms with Gasteiger partial charge < -0.3 is 62.0 Å². The maximum Gasteiger partial charge on any atom is 1.00 e. The number of amides is 2. The van der Waals surface area contributed by atoms with Crippen LogP contribution in [0.4, 0.5) is 0 Å². The van der Waals surface area contributed by atoms with Gasteiger partial charge in [-0.05, 0) is 39.5 Å². The summed E-state index contributed by atoms with van der Waals surface area (Å²) in [5.41, 5.74) is 0. The monoisotopic (exact) mass is 932 g/mol. The van der Waals surface area contributed by atoms with Crippen LogP contribution in [0.2, 0.25) is 0 Å². The van der Waals surface area contributed by atoms with Crippen molar-refractivity contribution in [3.05, 3.63) is 0 Å². The van der Waals surface area contributed by atoms with Crippen molar-refractivity contribution in [3.8, 4) is 0 Å². The summed E-state index contributed by atoms with van der Waals surface area (Å²) >= 11 is 0. The smallest absolute Gasteiger partial charge is 1.00 e. The molecule has 0 aromatic rings. The second-order valence-electron chi connectivity index (χ2n) is 16.0. The van der Waals surface area contributed by atoms with Crippen LogP contribution >= 0.6 is 0 Å². The average Bonchev–Trinajstić information content (AvgIpc) is 3.13. The molecule has 2 amide bonds. The fraction of sp³-hybridized carbons (Fsp3) is 0.841. The number of hydrogen-bond acceptors (Lipinski definition) is 11. The molecule has 14 nitrogen and oxygen atoms in total. The molecule has 0 saturated carbocycles. The van der Waals surface area contributed by atoms with E-state index in [2.05, 4.69) is 24.5 Å². The SMILES string of the molecule is CC(=O)NCCC[N+](C)(C)CC(=O)[O-].CCCCCCCCCCCC(=O)OC(C)C(C)=O.CCCCCCCCCCCCCC(=O)NC(CCC(=O)[O-])C(=O)[O-].[Cl-].[Na+].[Na+].[Na+]. The van der Waals surface area contributed by atoms with Crippen LogP contribution in [0.5, 0.6) is 0 Å². The Bertz CT molecular complexity index is 1140. The summed E-state index contributed by atoms with van der Waals surface area (Å²) < 4.78 is 5.37. The van der Waals surface area contributed by atoms with Crippen molar-refractivity contribution >= 4 is 41.5 Å². The third-order valence-corrected chi connectivity index (χ3v) is 9.50. The number of nitrogens with one attached hydrogen (secondary N) is 2. The maximum atomic E-state index is 11.7. The van der Waals surface area contributed by atoms with Gasteiger partial charge in [-0.2, -0.15) is 0 Å². The molecular formula is C44H81ClN3Na3O11. The van der Waals surface area contributed by atoms with Crippen LogP contribution in [0.15, 0.2) is 0 Å². The number of rotatable bonds is 35. The van der Waals surface area contributed by atoms with E-state index in [9.17, 15) is 48.9 Å². The van der Waals surface area contributed by atoms with E-state index in [1.165, 1.54) is 110 Å². The zero-order valence-corrected chi connectivity index (χ0v) is 47.5. The zero-order valence-electron chi connectivity index (χ0n) is 40.8. The van der Waals surface area contributed by atoms with E-state index in [-0.39, 0.29) is 144 Å². The molecule has 0 heterocycles. The Morgan fingerprint density at radius 3 is 1.34 bits per heavy atom. The Kier molecular flexibility index (Phi) is 65.4. The van der Waals surface area contributed by atoms with Gasteiger partial charge in [0.1, 0.15) is 6.54 Å². The topological polar surface area (TPSA) is 222 Å². The molecule has 0 fully saturated rings. The quantitative estimate of drug-likeness (QED) is 0.0263. The fourth-order valence-corrected chi connectivity index (χ4v) is 5.85. The molecule has 348 valence electrons. The first-order chi connectivity index (χ1) is 27.4. The van der Waals surface area contributed by atoms with E-state index < -0.39 is 36.5 Å². The number of halogens is 1. The number of carboxylic acid groups (broad SMARTS) is 3. The average molecular weight is 933 g/mol. The number of carbonyl (C=O) groups is 7. The molecule has 2 N–H and O–H groups in total. The van der Waals surface area contributed by atoms with E-state index >= 15 is 0 Å². The second-order valence-corrected chi connectivity index (χ2v) is 16.0. The summed E-state index contributed by atoms with van der Waals surface area (Å²) in [6.45, 7) is 10.3. The number of ether oxygens (including phenoxy) is 1. The molecule has 0 aliphatic heterocycles. The molecule has 18 heteroatoms. The summed E-state index contributed by atoms with van der Waals surface area (Å²) in [4.78, 5) is 76.1. The first-order valence-corrected chi connectivity index (χ1v) is 22.0. The molecule has 0 aliphatic rings. The number of esters is 1. The number of ketones is 1. The van der Waals surface area contributed by atoms with Crippen molar-refractivity contribution in [3.63, 3.8) is 0 Å². The molecule has 0 spiro atoms. The molecule has 2 unspecified atom stereocenters. The maximum absolute atomic E-state index is 11.7. The number of aliphatic carboxylic acids is 3. The van der Waals surface area contributed by atoms with Crippen LogP contribution in [0.25, 0.3) is 0 Å². The Balaban J connectivity index is -0.000000147. The summed E-state index contributed by atoms with van der Waals surface area (Å²) in [6.07, 6.45) is 24.3. The second kappa shape index (κ2) is 53.4. The van der Waals surface area contributed by atoms with Crippen LogP contribution in [-0.4, -0.2) is 91.8 Å². The van der Waals surface area contributed by atoms with Gasteiger partial charge in [0.25, 0.3) is 0 Å². The van der Waals surface area contributed by atoms with Gasteiger partial charge in [-0.15, -0.1) is 0 Å². The molecule has 0 saturated heterocycles. The third kappa shape index (κ3) is 61.8. The summed E-state index contributed by atoms with van der Waals surface area (Å²) in [5.74, 6) is -4.63. The summed E-state index contributed by atoms with van der Waals surface area (Å²) in [7, 11) is 3.65. The van der Waals surface area contributed by atoms with E-state index in [4.69, 9.17) is 4.74 Å². The van der Waals surface area contributed by atoms with Crippen molar-refractivity contribution in [1.82, 2.24) is 10.6 Å². The van der Waals surface area contributed by atoms with E-state index in [1.54, 1.807) is 6.92 Å². The van der Waals surface area contributed by atoms with Crippen molar-refractivity contribution in [2.45, 2.75) is 207 Å². The molecule has 0 bridgehead atoms. The molecule has 62 heavy (non-hydrogen) atoms. The number of unbranched alkanes of at least 4 members (excludes halogenated alkanes) is 18. The third-order valence-electron chi connectivity index (χ3n) is 9.50. The Labute approximate surface area is 448 Å². The van der Waals surface area contributed by atoms with E-state index in [1.807, 2.05) is 14.1 Å². The first kappa shape index (κ1) is 76.0. The van der Waals surface area contributed by atoms with E-state index in [0.717, 1.165) is 32.1 Å².